The first-order valence-electron chi connectivity index (χ1n) is 4.73. The number of nitrogens with zero attached hydrogens (tertiary/aromatic N) is 1. The van der Waals surface area contributed by atoms with Crippen LogP contribution in [0.15, 0.2) is 23.2 Å². The van der Waals surface area contributed by atoms with E-state index < -0.39 is 0 Å². The molecule has 6 heteroatoms. The molecule has 1 aromatic rings. The molecule has 1 unspecified atom stereocenters. The van der Waals surface area contributed by atoms with E-state index in [9.17, 15) is 0 Å². The largest absolute Gasteiger partial charge is 0.349 e. The number of aliphatic imine (C=N–C) groups is 1. The second-order valence-corrected chi connectivity index (χ2v) is 4.09. The fourth-order valence-corrected chi connectivity index (χ4v) is 1.88. The van der Waals surface area contributed by atoms with Crippen molar-refractivity contribution in [2.24, 2.45) is 10.8 Å². The highest BCUT2D eigenvalue weighted by atomic mass is 35.5. The van der Waals surface area contributed by atoms with E-state index in [4.69, 9.17) is 29.0 Å². The summed E-state index contributed by atoms with van der Waals surface area (Å²) in [7, 11) is 1.64. The average molecular weight is 261 g/mol. The number of benzene rings is 1. The number of rotatable bonds is 2. The maximum absolute atomic E-state index is 6.08. The number of hydrogen-bond donors (Lipinski definition) is 3. The van der Waals surface area contributed by atoms with Crippen molar-refractivity contribution in [3.63, 3.8) is 0 Å². The zero-order chi connectivity index (χ0) is 12.1. The normalized spacial score (nSPS) is 13.4. The van der Waals surface area contributed by atoms with Crippen LogP contribution in [0.25, 0.3) is 0 Å². The minimum Gasteiger partial charge on any atom is -0.349 e. The summed E-state index contributed by atoms with van der Waals surface area (Å²) in [5.74, 6) is 5.77. The molecule has 0 fully saturated rings. The third-order valence-corrected chi connectivity index (χ3v) is 2.70. The maximum Gasteiger partial charge on any atom is 0.205 e. The zero-order valence-corrected chi connectivity index (χ0v) is 10.6. The Balaban J connectivity index is 2.84. The summed E-state index contributed by atoms with van der Waals surface area (Å²) in [5, 5.41) is 4.30. The Hall–Kier alpha value is -0.970. The van der Waals surface area contributed by atoms with Gasteiger partial charge in [-0.3, -0.25) is 10.4 Å². The Morgan fingerprint density at radius 3 is 2.62 bits per heavy atom. The highest BCUT2D eigenvalue weighted by molar-refractivity contribution is 6.35. The van der Waals surface area contributed by atoms with Crippen molar-refractivity contribution in [3.05, 3.63) is 33.8 Å². The van der Waals surface area contributed by atoms with Gasteiger partial charge in [0.1, 0.15) is 0 Å². The van der Waals surface area contributed by atoms with E-state index in [1.807, 2.05) is 13.0 Å². The first-order chi connectivity index (χ1) is 7.58. The van der Waals surface area contributed by atoms with Crippen LogP contribution in [0.4, 0.5) is 0 Å². The van der Waals surface area contributed by atoms with E-state index in [2.05, 4.69) is 15.7 Å². The predicted molar refractivity (Wildman–Crippen MR) is 68.7 cm³/mol. The fraction of sp³-hybridized carbons (Fsp3) is 0.300. The maximum atomic E-state index is 6.08. The molecule has 4 nitrogen and oxygen atoms in total. The van der Waals surface area contributed by atoms with Gasteiger partial charge in [-0.05, 0) is 24.6 Å². The van der Waals surface area contributed by atoms with Crippen LogP contribution >= 0.6 is 23.2 Å². The Morgan fingerprint density at radius 1 is 1.44 bits per heavy atom. The molecule has 88 valence electrons. The smallest absolute Gasteiger partial charge is 0.205 e. The summed E-state index contributed by atoms with van der Waals surface area (Å²) in [4.78, 5) is 3.92. The number of hydrogen-bond acceptors (Lipinski definition) is 2. The van der Waals surface area contributed by atoms with Gasteiger partial charge in [-0.15, -0.1) is 0 Å². The molecular weight excluding hydrogens is 247 g/mol. The number of nitrogens with two attached hydrogens (primary N) is 1. The van der Waals surface area contributed by atoms with Gasteiger partial charge in [0.2, 0.25) is 5.96 Å². The lowest BCUT2D eigenvalue weighted by Crippen LogP contribution is -2.42. The predicted octanol–water partition coefficient (Wildman–Crippen LogP) is 2.09. The second kappa shape index (κ2) is 5.94. The average Bonchev–Trinajstić information content (AvgIpc) is 2.25. The van der Waals surface area contributed by atoms with Crippen molar-refractivity contribution in [2.45, 2.75) is 13.0 Å². The molecule has 16 heavy (non-hydrogen) atoms. The van der Waals surface area contributed by atoms with E-state index >= 15 is 0 Å². The van der Waals surface area contributed by atoms with Gasteiger partial charge in [-0.25, -0.2) is 5.84 Å². The standard InChI is InChI=1S/C10H14Cl2N4/c1-6(15-10(14-2)16-13)8-4-3-7(11)5-9(8)12/h3-6H,13H2,1-2H3,(H2,14,15,16). The van der Waals surface area contributed by atoms with Crippen LogP contribution in [0.5, 0.6) is 0 Å². The fourth-order valence-electron chi connectivity index (χ4n) is 1.31. The SMILES string of the molecule is CN=C(NN)NC(C)c1ccc(Cl)cc1Cl. The molecule has 0 saturated heterocycles. The summed E-state index contributed by atoms with van der Waals surface area (Å²) < 4.78 is 0. The van der Waals surface area contributed by atoms with Crippen LogP contribution < -0.4 is 16.6 Å². The van der Waals surface area contributed by atoms with Gasteiger partial charge in [0, 0.05) is 17.1 Å². The Labute approximate surface area is 105 Å². The first-order valence-corrected chi connectivity index (χ1v) is 5.49. The van der Waals surface area contributed by atoms with Crippen molar-refractivity contribution < 1.29 is 0 Å². The van der Waals surface area contributed by atoms with Crippen molar-refractivity contribution in [1.82, 2.24) is 10.7 Å². The molecule has 1 aromatic carbocycles. The van der Waals surface area contributed by atoms with E-state index in [0.29, 0.717) is 16.0 Å². The summed E-state index contributed by atoms with van der Waals surface area (Å²) in [6.07, 6.45) is 0. The van der Waals surface area contributed by atoms with Crippen LogP contribution in [0, 0.1) is 0 Å². The Bertz CT molecular complexity index is 392. The lowest BCUT2D eigenvalue weighted by Gasteiger charge is -2.17. The molecule has 0 aliphatic carbocycles. The molecule has 1 atom stereocenters. The van der Waals surface area contributed by atoms with Crippen LogP contribution in [0.3, 0.4) is 0 Å². The molecule has 0 spiro atoms. The summed E-state index contributed by atoms with van der Waals surface area (Å²) in [6.45, 7) is 1.96. The van der Waals surface area contributed by atoms with E-state index in [0.717, 1.165) is 5.56 Å². The van der Waals surface area contributed by atoms with E-state index in [1.165, 1.54) is 0 Å². The second-order valence-electron chi connectivity index (χ2n) is 3.25. The van der Waals surface area contributed by atoms with Crippen molar-refractivity contribution in [1.29, 1.82) is 0 Å². The molecule has 0 saturated carbocycles. The van der Waals surface area contributed by atoms with E-state index in [-0.39, 0.29) is 6.04 Å². The molecular formula is C10H14Cl2N4. The molecule has 0 radical (unpaired) electrons. The van der Waals surface area contributed by atoms with Crippen molar-refractivity contribution in [2.75, 3.05) is 7.05 Å². The highest BCUT2D eigenvalue weighted by Crippen LogP contribution is 2.25. The molecule has 0 aliphatic heterocycles. The minimum atomic E-state index is -0.0143. The van der Waals surface area contributed by atoms with E-state index in [1.54, 1.807) is 19.2 Å². The monoisotopic (exact) mass is 260 g/mol. The van der Waals surface area contributed by atoms with Gasteiger partial charge in [-0.2, -0.15) is 0 Å². The molecule has 0 amide bonds. The number of nitrogens with one attached hydrogen (secondary N) is 2. The summed E-state index contributed by atoms with van der Waals surface area (Å²) in [6, 6.07) is 5.35. The summed E-state index contributed by atoms with van der Waals surface area (Å²) in [5.41, 5.74) is 3.39. The van der Waals surface area contributed by atoms with Crippen LogP contribution in [-0.2, 0) is 0 Å². The lowest BCUT2D eigenvalue weighted by atomic mass is 10.1. The number of halogens is 2. The van der Waals surface area contributed by atoms with Crippen molar-refractivity contribution in [3.8, 4) is 0 Å². The molecule has 0 heterocycles. The van der Waals surface area contributed by atoms with Crippen LogP contribution in [0.1, 0.15) is 18.5 Å². The lowest BCUT2D eigenvalue weighted by molar-refractivity contribution is 0.692. The zero-order valence-electron chi connectivity index (χ0n) is 9.09. The topological polar surface area (TPSA) is 62.4 Å². The molecule has 0 aromatic heterocycles. The van der Waals surface area contributed by atoms with Gasteiger partial charge in [-0.1, -0.05) is 29.3 Å². The number of guanidine groups is 1. The van der Waals surface area contributed by atoms with Crippen LogP contribution in [0.2, 0.25) is 10.0 Å². The Morgan fingerprint density at radius 2 is 2.12 bits per heavy atom. The van der Waals surface area contributed by atoms with Crippen LogP contribution in [-0.4, -0.2) is 13.0 Å². The van der Waals surface area contributed by atoms with Gasteiger partial charge in [0.05, 0.1) is 6.04 Å². The third-order valence-electron chi connectivity index (χ3n) is 2.14. The third kappa shape index (κ3) is 3.27. The molecule has 0 aliphatic rings. The Kier molecular flexibility index (Phi) is 4.86. The van der Waals surface area contributed by atoms with Crippen molar-refractivity contribution >= 4 is 29.2 Å². The minimum absolute atomic E-state index is 0.0143. The van der Waals surface area contributed by atoms with Gasteiger partial charge >= 0.3 is 0 Å². The molecule has 4 N–H and O–H groups in total. The van der Waals surface area contributed by atoms with Gasteiger partial charge in [0.15, 0.2) is 0 Å². The van der Waals surface area contributed by atoms with Gasteiger partial charge in [0.25, 0.3) is 0 Å². The quantitative estimate of drug-likeness (QED) is 0.330. The molecule has 0 bridgehead atoms. The summed E-state index contributed by atoms with van der Waals surface area (Å²) >= 11 is 11.9. The highest BCUT2D eigenvalue weighted by Gasteiger charge is 2.10. The van der Waals surface area contributed by atoms with Gasteiger partial charge < -0.3 is 5.32 Å². The number of hydrazine groups is 1. The first kappa shape index (κ1) is 13.1. The molecule has 1 rings (SSSR count).